The van der Waals surface area contributed by atoms with E-state index in [0.29, 0.717) is 11.3 Å². The fourth-order valence-corrected chi connectivity index (χ4v) is 2.97. The Morgan fingerprint density at radius 2 is 1.79 bits per heavy atom. The zero-order valence-corrected chi connectivity index (χ0v) is 15.4. The molecule has 154 valence electrons. The average Bonchev–Trinajstić information content (AvgIpc) is 2.69. The number of hydrogen-bond acceptors (Lipinski definition) is 4. The molecule has 2 aromatic carbocycles. The maximum atomic E-state index is 12.6. The van der Waals surface area contributed by atoms with Crippen molar-refractivity contribution < 1.29 is 32.6 Å². The van der Waals surface area contributed by atoms with Crippen LogP contribution >= 0.6 is 0 Å². The summed E-state index contributed by atoms with van der Waals surface area (Å²) in [5.74, 6) is -0.779. The van der Waals surface area contributed by atoms with Gasteiger partial charge in [0.25, 0.3) is 5.91 Å². The highest BCUT2D eigenvalue weighted by Gasteiger charge is 2.32. The smallest absolute Gasteiger partial charge is 0.386 e. The number of carbonyl (C=O) groups is 2. The van der Waals surface area contributed by atoms with Crippen LogP contribution in [0.25, 0.3) is 0 Å². The molecule has 1 fully saturated rings. The van der Waals surface area contributed by atoms with Crippen molar-refractivity contribution in [3.63, 3.8) is 0 Å². The van der Waals surface area contributed by atoms with Gasteiger partial charge in [-0.2, -0.15) is 13.2 Å². The molecule has 1 aliphatic heterocycles. The van der Waals surface area contributed by atoms with Gasteiger partial charge in [-0.05, 0) is 42.0 Å². The summed E-state index contributed by atoms with van der Waals surface area (Å²) in [4.78, 5) is 25.4. The third-order valence-corrected chi connectivity index (χ3v) is 4.75. The number of anilines is 1. The Morgan fingerprint density at radius 1 is 1.17 bits per heavy atom. The van der Waals surface area contributed by atoms with E-state index in [4.69, 9.17) is 4.74 Å². The third-order valence-electron chi connectivity index (χ3n) is 4.75. The summed E-state index contributed by atoms with van der Waals surface area (Å²) in [6.45, 7) is 0.185. The minimum absolute atomic E-state index is 0.0192. The molecule has 0 saturated carbocycles. The fraction of sp³-hybridized carbons (Fsp3) is 0.300. The van der Waals surface area contributed by atoms with Crippen LogP contribution in [0.2, 0.25) is 0 Å². The Labute approximate surface area is 164 Å². The maximum Gasteiger partial charge on any atom is 0.416 e. The van der Waals surface area contributed by atoms with E-state index in [1.54, 1.807) is 31.3 Å². The van der Waals surface area contributed by atoms with Crippen LogP contribution in [0.1, 0.15) is 27.6 Å². The average molecular weight is 408 g/mol. The van der Waals surface area contributed by atoms with Crippen LogP contribution < -0.4 is 5.32 Å². The second-order valence-electron chi connectivity index (χ2n) is 6.68. The minimum atomic E-state index is -4.46. The molecule has 29 heavy (non-hydrogen) atoms. The largest absolute Gasteiger partial charge is 0.416 e. The van der Waals surface area contributed by atoms with Gasteiger partial charge in [-0.25, -0.2) is 0 Å². The molecule has 1 saturated heterocycles. The van der Waals surface area contributed by atoms with Gasteiger partial charge in [-0.15, -0.1) is 0 Å². The second-order valence-corrected chi connectivity index (χ2v) is 6.68. The molecule has 1 heterocycles. The first-order valence-corrected chi connectivity index (χ1v) is 8.77. The van der Waals surface area contributed by atoms with E-state index in [2.05, 4.69) is 5.32 Å². The number of benzene rings is 2. The van der Waals surface area contributed by atoms with Crippen LogP contribution in [0, 0.1) is 0 Å². The quantitative estimate of drug-likeness (QED) is 0.816. The maximum absolute atomic E-state index is 12.6. The summed E-state index contributed by atoms with van der Waals surface area (Å²) in [6, 6.07) is 9.69. The lowest BCUT2D eigenvalue weighted by Crippen LogP contribution is -2.49. The number of ether oxygens (including phenoxy) is 1. The molecule has 2 amide bonds. The molecule has 2 N–H and O–H groups in total. The molecule has 0 aliphatic carbocycles. The number of halogens is 3. The van der Waals surface area contributed by atoms with Gasteiger partial charge in [0.2, 0.25) is 5.91 Å². The Kier molecular flexibility index (Phi) is 5.90. The van der Waals surface area contributed by atoms with Crippen molar-refractivity contribution in [1.82, 2.24) is 4.90 Å². The number of hydrogen-bond donors (Lipinski definition) is 2. The van der Waals surface area contributed by atoms with Gasteiger partial charge < -0.3 is 20.1 Å². The Morgan fingerprint density at radius 3 is 2.38 bits per heavy atom. The van der Waals surface area contributed by atoms with E-state index < -0.39 is 29.8 Å². The molecular formula is C20H19F3N2O4. The Hall–Kier alpha value is -2.91. The van der Waals surface area contributed by atoms with E-state index in [0.717, 1.165) is 24.3 Å². The van der Waals surface area contributed by atoms with Crippen LogP contribution in [0.5, 0.6) is 0 Å². The van der Waals surface area contributed by atoms with E-state index in [9.17, 15) is 27.9 Å². The van der Waals surface area contributed by atoms with Gasteiger partial charge in [-0.3, -0.25) is 9.59 Å². The van der Waals surface area contributed by atoms with Gasteiger partial charge in [0.15, 0.2) is 0 Å². The molecule has 6 nitrogen and oxygen atoms in total. The monoisotopic (exact) mass is 408 g/mol. The lowest BCUT2D eigenvalue weighted by atomic mass is 10.0. The van der Waals surface area contributed by atoms with E-state index in [1.807, 2.05) is 0 Å². The first-order valence-electron chi connectivity index (χ1n) is 8.77. The Bertz CT molecular complexity index is 882. The van der Waals surface area contributed by atoms with Gasteiger partial charge in [0.1, 0.15) is 12.7 Å². The van der Waals surface area contributed by atoms with Crippen LogP contribution in [0.4, 0.5) is 18.9 Å². The lowest BCUT2D eigenvalue weighted by molar-refractivity contribution is -0.151. The topological polar surface area (TPSA) is 78.9 Å². The third kappa shape index (κ3) is 4.75. The van der Waals surface area contributed by atoms with Gasteiger partial charge >= 0.3 is 6.18 Å². The second kappa shape index (κ2) is 8.22. The predicted octanol–water partition coefficient (Wildman–Crippen LogP) is 2.85. The van der Waals surface area contributed by atoms with E-state index in [-0.39, 0.29) is 24.7 Å². The number of amides is 2. The highest BCUT2D eigenvalue weighted by Crippen LogP contribution is 2.29. The first kappa shape index (κ1) is 20.8. The number of morpholine rings is 1. The highest BCUT2D eigenvalue weighted by molar-refractivity contribution is 6.04. The number of aliphatic hydroxyl groups excluding tert-OH is 1. The standard InChI is InChI=1S/C20H19F3N2O4/c1-25-16(10-29-11-17(25)26)18(27)12-4-8-15(9-5-12)24-19(28)13-2-6-14(7-3-13)20(21,22)23/h2-9,16,18,27H,10-11H2,1H3,(H,24,28). The SMILES string of the molecule is CN1C(=O)COCC1C(O)c1ccc(NC(=O)c2ccc(C(F)(F)F)cc2)cc1. The zero-order valence-electron chi connectivity index (χ0n) is 15.4. The van der Waals surface area contributed by atoms with Gasteiger partial charge in [0, 0.05) is 18.3 Å². The zero-order chi connectivity index (χ0) is 21.2. The van der Waals surface area contributed by atoms with Crippen LogP contribution in [0.15, 0.2) is 48.5 Å². The van der Waals surface area contributed by atoms with Crippen molar-refractivity contribution in [2.24, 2.45) is 0 Å². The molecule has 3 rings (SSSR count). The predicted molar refractivity (Wildman–Crippen MR) is 98.2 cm³/mol. The summed E-state index contributed by atoms with van der Waals surface area (Å²) in [7, 11) is 1.59. The summed E-state index contributed by atoms with van der Waals surface area (Å²) in [6.07, 6.45) is -5.43. The highest BCUT2D eigenvalue weighted by atomic mass is 19.4. The number of nitrogens with zero attached hydrogens (tertiary/aromatic N) is 1. The summed E-state index contributed by atoms with van der Waals surface area (Å²) >= 11 is 0. The summed E-state index contributed by atoms with van der Waals surface area (Å²) in [5, 5.41) is 13.1. The summed E-state index contributed by atoms with van der Waals surface area (Å²) in [5.41, 5.74) is 0.201. The summed E-state index contributed by atoms with van der Waals surface area (Å²) < 4.78 is 43.0. The molecule has 2 unspecified atom stereocenters. The van der Waals surface area contributed by atoms with E-state index >= 15 is 0 Å². The van der Waals surface area contributed by atoms with Crippen molar-refractivity contribution in [3.8, 4) is 0 Å². The van der Waals surface area contributed by atoms with Crippen LogP contribution in [-0.4, -0.2) is 48.1 Å². The molecule has 1 aliphatic rings. The molecule has 0 radical (unpaired) electrons. The van der Waals surface area contributed by atoms with Crippen LogP contribution in [0.3, 0.4) is 0 Å². The number of likely N-dealkylation sites (N-methyl/N-ethyl adjacent to an activating group) is 1. The molecule has 9 heteroatoms. The van der Waals surface area contributed by atoms with Crippen molar-refractivity contribution >= 4 is 17.5 Å². The van der Waals surface area contributed by atoms with E-state index in [1.165, 1.54) is 4.90 Å². The molecule has 2 atom stereocenters. The number of aliphatic hydroxyl groups is 1. The van der Waals surface area contributed by atoms with Gasteiger partial charge in [-0.1, -0.05) is 12.1 Å². The number of nitrogens with one attached hydrogen (secondary N) is 1. The molecule has 0 aromatic heterocycles. The lowest BCUT2D eigenvalue weighted by Gasteiger charge is -2.35. The van der Waals surface area contributed by atoms with Crippen LogP contribution in [-0.2, 0) is 15.7 Å². The first-order chi connectivity index (χ1) is 13.7. The van der Waals surface area contributed by atoms with Crippen molar-refractivity contribution in [2.45, 2.75) is 18.3 Å². The molecule has 0 spiro atoms. The molecule has 2 aromatic rings. The van der Waals surface area contributed by atoms with Crippen molar-refractivity contribution in [1.29, 1.82) is 0 Å². The fourth-order valence-electron chi connectivity index (χ4n) is 2.97. The number of carbonyl (C=O) groups excluding carboxylic acids is 2. The normalized spacial score (nSPS) is 18.4. The number of alkyl halides is 3. The van der Waals surface area contributed by atoms with Crippen molar-refractivity contribution in [3.05, 3.63) is 65.2 Å². The number of rotatable bonds is 4. The van der Waals surface area contributed by atoms with Crippen molar-refractivity contribution in [2.75, 3.05) is 25.6 Å². The molecule has 0 bridgehead atoms. The molecular weight excluding hydrogens is 389 g/mol. The Balaban J connectivity index is 1.65. The van der Waals surface area contributed by atoms with Gasteiger partial charge in [0.05, 0.1) is 18.2 Å². The minimum Gasteiger partial charge on any atom is -0.386 e.